The van der Waals surface area contributed by atoms with Crippen molar-refractivity contribution in [2.45, 2.75) is 147 Å². The van der Waals surface area contributed by atoms with Crippen LogP contribution in [0.2, 0.25) is 0 Å². The second kappa shape index (κ2) is 38.4. The number of aromatic hydroxyl groups is 3. The van der Waals surface area contributed by atoms with Crippen molar-refractivity contribution >= 4 is 25.5 Å². The number of unbranched alkanes of at least 4 members (excludes halogenated alkanes) is 7. The number of phosphoric ester groups is 1. The Balaban J connectivity index is 0.000000384. The number of nitrogens with zero attached hydrogens (tertiary/aromatic N) is 1. The summed E-state index contributed by atoms with van der Waals surface area (Å²) in [5, 5.41) is 50.2. The third-order valence-corrected chi connectivity index (χ3v) is 14.2. The lowest BCUT2D eigenvalue weighted by Gasteiger charge is -2.35. The number of carbonyl (C=O) groups excluding carboxylic acids is 3. The summed E-state index contributed by atoms with van der Waals surface area (Å²) < 4.78 is 56.8. The fourth-order valence-corrected chi connectivity index (χ4v) is 9.34. The highest BCUT2D eigenvalue weighted by Gasteiger charge is 2.41. The SMILES string of the molecule is CCC/C=C/C=C/CC/C=C/CCCCC(=O)OCC(COC(=O)CC/C=C/CCC/C=C/C/C=C/CCC)OP(=O)([O-])OCC[N+](C)(C)C.COc1cc(C2Oc3cc([C@H]4Oc5cc(O)cc(O)c5C(=O)[C@@H]4O)ccc3O[C@@H]2CO)ccc1O. The average molecular weight is 1200 g/mol. The summed E-state index contributed by atoms with van der Waals surface area (Å²) in [5.41, 5.74) is 0.751. The fraction of sp³-hybridized carbons (Fsp3) is 0.492. The first-order chi connectivity index (χ1) is 40.8. The van der Waals surface area contributed by atoms with E-state index in [0.717, 1.165) is 76.7 Å². The minimum absolute atomic E-state index is 0.0540. The number of phosphoric acid groups is 1. The van der Waals surface area contributed by atoms with Crippen LogP contribution in [0.15, 0.2) is 121 Å². The zero-order valence-corrected chi connectivity index (χ0v) is 51.1. The number of fused-ring (bicyclic) bond motifs is 2. The molecule has 468 valence electrons. The summed E-state index contributed by atoms with van der Waals surface area (Å²) in [5.74, 6) is -1.78. The number of methoxy groups -OCH3 is 1. The lowest BCUT2D eigenvalue weighted by Crippen LogP contribution is -2.38. The number of aliphatic hydroxyl groups excluding tert-OH is 2. The predicted octanol–water partition coefficient (Wildman–Crippen LogP) is 11.6. The molecule has 0 saturated carbocycles. The Morgan fingerprint density at radius 3 is 1.94 bits per heavy atom. The van der Waals surface area contributed by atoms with Gasteiger partial charge in [-0.25, -0.2) is 0 Å². The third-order valence-electron chi connectivity index (χ3n) is 13.1. The molecular formula is C65H90NO18P. The smallest absolute Gasteiger partial charge is 0.306 e. The maximum atomic E-state index is 12.7. The molecule has 0 radical (unpaired) electrons. The predicted molar refractivity (Wildman–Crippen MR) is 323 cm³/mol. The van der Waals surface area contributed by atoms with E-state index < -0.39 is 61.8 Å². The van der Waals surface area contributed by atoms with Gasteiger partial charge >= 0.3 is 11.9 Å². The van der Waals surface area contributed by atoms with Gasteiger partial charge in [0.2, 0.25) is 5.78 Å². The van der Waals surface area contributed by atoms with Gasteiger partial charge in [-0.2, -0.15) is 0 Å². The molecule has 85 heavy (non-hydrogen) atoms. The maximum Gasteiger partial charge on any atom is 0.306 e. The van der Waals surface area contributed by atoms with E-state index in [9.17, 15) is 49.4 Å². The number of ether oxygens (including phenoxy) is 6. The van der Waals surface area contributed by atoms with Crippen LogP contribution in [0, 0.1) is 0 Å². The van der Waals surface area contributed by atoms with Crippen molar-refractivity contribution in [3.8, 4) is 40.2 Å². The van der Waals surface area contributed by atoms with Crippen LogP contribution in [0.3, 0.4) is 0 Å². The molecule has 0 amide bonds. The minimum Gasteiger partial charge on any atom is -0.756 e. The number of phenols is 3. The number of rotatable bonds is 36. The van der Waals surface area contributed by atoms with Crippen LogP contribution in [0.4, 0.5) is 0 Å². The molecule has 2 aliphatic rings. The van der Waals surface area contributed by atoms with Crippen LogP contribution >= 0.6 is 7.82 Å². The molecule has 2 aliphatic heterocycles. The van der Waals surface area contributed by atoms with Gasteiger partial charge in [0.25, 0.3) is 7.82 Å². The molecule has 5 rings (SSSR count). The van der Waals surface area contributed by atoms with Gasteiger partial charge in [0, 0.05) is 30.5 Å². The number of phenolic OH excluding ortho intramolecular Hbond substituents is 3. The maximum absolute atomic E-state index is 12.7. The molecule has 3 aromatic carbocycles. The molecule has 6 atom stereocenters. The van der Waals surface area contributed by atoms with Gasteiger partial charge in [0.05, 0.1) is 34.9 Å². The van der Waals surface area contributed by atoms with E-state index in [2.05, 4.69) is 80.7 Å². The van der Waals surface area contributed by atoms with E-state index in [4.69, 9.17) is 37.5 Å². The normalized spacial score (nSPS) is 18.0. The molecule has 0 aromatic heterocycles. The van der Waals surface area contributed by atoms with Crippen LogP contribution < -0.4 is 23.8 Å². The van der Waals surface area contributed by atoms with Gasteiger partial charge in [-0.3, -0.25) is 18.9 Å². The molecule has 3 aromatic rings. The fourth-order valence-electron chi connectivity index (χ4n) is 8.48. The number of allylic oxidation sites excluding steroid dienone is 12. The number of Topliss-reactive ketones (excluding diaryl/α,β-unsaturated/α-hetero) is 1. The summed E-state index contributed by atoms with van der Waals surface area (Å²) in [4.78, 5) is 50.0. The molecule has 20 heteroatoms. The zero-order valence-electron chi connectivity index (χ0n) is 50.2. The molecule has 0 bridgehead atoms. The Hall–Kier alpha value is -6.70. The van der Waals surface area contributed by atoms with Gasteiger partial charge in [-0.05, 0) is 107 Å². The van der Waals surface area contributed by atoms with Gasteiger partial charge in [-0.15, -0.1) is 0 Å². The molecule has 0 fully saturated rings. The van der Waals surface area contributed by atoms with Crippen molar-refractivity contribution in [3.05, 3.63) is 138 Å². The van der Waals surface area contributed by atoms with Crippen molar-refractivity contribution in [2.75, 3.05) is 61.2 Å². The summed E-state index contributed by atoms with van der Waals surface area (Å²) in [6.45, 7) is 3.59. The van der Waals surface area contributed by atoms with Gasteiger partial charge in [-0.1, -0.05) is 112 Å². The molecule has 0 spiro atoms. The monoisotopic (exact) mass is 1200 g/mol. The Labute approximate surface area is 501 Å². The molecular weight excluding hydrogens is 1110 g/mol. The highest BCUT2D eigenvalue weighted by molar-refractivity contribution is 7.45. The van der Waals surface area contributed by atoms with Crippen LogP contribution in [-0.4, -0.2) is 127 Å². The second-order valence-corrected chi connectivity index (χ2v) is 22.8. The van der Waals surface area contributed by atoms with Crippen LogP contribution in [0.25, 0.3) is 0 Å². The van der Waals surface area contributed by atoms with Crippen molar-refractivity contribution in [3.63, 3.8) is 0 Å². The largest absolute Gasteiger partial charge is 0.756 e. The Morgan fingerprint density at radius 1 is 0.671 bits per heavy atom. The number of ketones is 1. The standard InChI is InChI=1S/C40H68NO8P.C25H22O10/c1-6-8-10-12-14-16-18-20-22-24-26-28-30-32-39(42)46-36-38(49-50(44,45)48-35-34-41(3,4)5)37-47-40(43)33-31-29-27-25-23-21-19-17-15-13-11-9-7-2;1-32-17-6-11(2-4-14(17)28)24-20(10-26)33-16-5-3-12(7-18(16)34-24)25-23(31)22(30)21-15(29)8-13(27)9-19(21)35-25/h10-14,16-17,19,22,24,27,29,38H,6-9,15,18,20-21,23,25-26,28,30-37H2,1-5H3;2-9,20,23-29,31H,10H2,1H3/b12-10+,13-11+,16-14+,19-17+,24-22+,29-27+;/t;20-,23+,24?,25-/m.1/s1. The van der Waals surface area contributed by atoms with Crippen molar-refractivity contribution in [1.29, 1.82) is 0 Å². The third kappa shape index (κ3) is 26.6. The highest BCUT2D eigenvalue weighted by Crippen LogP contribution is 2.46. The van der Waals surface area contributed by atoms with E-state index in [1.165, 1.54) is 25.7 Å². The molecule has 2 heterocycles. The van der Waals surface area contributed by atoms with E-state index in [1.807, 2.05) is 27.2 Å². The topological polar surface area (TPSA) is 266 Å². The summed E-state index contributed by atoms with van der Waals surface area (Å²) in [7, 11) is 2.41. The number of aliphatic hydroxyl groups is 2. The molecule has 3 unspecified atom stereocenters. The molecule has 5 N–H and O–H groups in total. The first-order valence-corrected chi connectivity index (χ1v) is 30.8. The van der Waals surface area contributed by atoms with Crippen molar-refractivity contribution in [1.82, 2.24) is 0 Å². The second-order valence-electron chi connectivity index (χ2n) is 21.4. The Bertz CT molecular complexity index is 2760. The zero-order chi connectivity index (χ0) is 62.0. The van der Waals surface area contributed by atoms with E-state index >= 15 is 0 Å². The van der Waals surface area contributed by atoms with Crippen LogP contribution in [0.5, 0.6) is 40.2 Å². The van der Waals surface area contributed by atoms with Gasteiger partial charge < -0.3 is 72.4 Å². The van der Waals surface area contributed by atoms with Crippen LogP contribution in [-0.2, 0) is 32.7 Å². The summed E-state index contributed by atoms with van der Waals surface area (Å²) in [6, 6.07) is 11.5. The number of quaternary nitrogens is 1. The number of hydrogen-bond acceptors (Lipinski definition) is 18. The Morgan fingerprint density at radius 2 is 1.26 bits per heavy atom. The van der Waals surface area contributed by atoms with Crippen LogP contribution in [0.1, 0.15) is 150 Å². The average Bonchev–Trinajstić information content (AvgIpc) is 2.53. The molecule has 19 nitrogen and oxygen atoms in total. The number of likely N-dealkylation sites (N-methyl/N-ethyl adjacent to an activating group) is 1. The molecule has 0 saturated heterocycles. The van der Waals surface area contributed by atoms with E-state index in [0.29, 0.717) is 40.7 Å². The summed E-state index contributed by atoms with van der Waals surface area (Å²) in [6.07, 6.45) is 33.7. The van der Waals surface area contributed by atoms with Gasteiger partial charge in [0.15, 0.2) is 47.4 Å². The highest BCUT2D eigenvalue weighted by atomic mass is 31.2. The number of esters is 2. The molecule has 0 aliphatic carbocycles. The van der Waals surface area contributed by atoms with E-state index in [-0.39, 0.29) is 73.6 Å². The van der Waals surface area contributed by atoms with E-state index in [1.54, 1.807) is 30.3 Å². The number of hydrogen-bond donors (Lipinski definition) is 5. The summed E-state index contributed by atoms with van der Waals surface area (Å²) >= 11 is 0. The number of benzene rings is 3. The van der Waals surface area contributed by atoms with Crippen molar-refractivity contribution in [2.24, 2.45) is 0 Å². The Kier molecular flexibility index (Phi) is 32.0. The van der Waals surface area contributed by atoms with Crippen molar-refractivity contribution < 1.29 is 91.3 Å². The minimum atomic E-state index is -4.73. The number of carbonyl (C=O) groups is 3. The first-order valence-electron chi connectivity index (χ1n) is 29.4. The quantitative estimate of drug-likeness (QED) is 0.00904. The lowest BCUT2D eigenvalue weighted by atomic mass is 9.92. The lowest BCUT2D eigenvalue weighted by molar-refractivity contribution is -0.870. The van der Waals surface area contributed by atoms with Gasteiger partial charge in [0.1, 0.15) is 55.3 Å². The first kappa shape index (κ1) is 70.8.